The topological polar surface area (TPSA) is 58.6 Å². The lowest BCUT2D eigenvalue weighted by Crippen LogP contribution is -2.53. The molecule has 1 N–H and O–H groups in total. The summed E-state index contributed by atoms with van der Waals surface area (Å²) in [6.07, 6.45) is 1.65. The molecule has 2 amide bonds. The maximum atomic E-state index is 12.6. The summed E-state index contributed by atoms with van der Waals surface area (Å²) in [5.74, 6) is 0.787. The number of rotatable bonds is 1. The second-order valence-electron chi connectivity index (χ2n) is 7.31. The van der Waals surface area contributed by atoms with E-state index in [-0.39, 0.29) is 11.8 Å². The Kier molecular flexibility index (Phi) is 4.56. The minimum absolute atomic E-state index is 0.124. The highest BCUT2D eigenvalue weighted by molar-refractivity contribution is 6.30. The average Bonchev–Trinajstić information content (AvgIpc) is 2.65. The fourth-order valence-corrected chi connectivity index (χ4v) is 3.87. The van der Waals surface area contributed by atoms with Crippen LogP contribution in [-0.4, -0.2) is 35.4 Å². The van der Waals surface area contributed by atoms with Crippen LogP contribution >= 0.6 is 11.6 Å². The van der Waals surface area contributed by atoms with E-state index < -0.39 is 5.60 Å². The maximum Gasteiger partial charge on any atom is 0.321 e. The molecule has 5 nitrogen and oxygen atoms in total. The molecule has 1 fully saturated rings. The molecule has 0 radical (unpaired) electrons. The molecule has 0 aromatic heterocycles. The monoisotopic (exact) mass is 384 g/mol. The second kappa shape index (κ2) is 6.89. The molecule has 4 rings (SSSR count). The minimum atomic E-state index is -0.504. The van der Waals surface area contributed by atoms with Crippen LogP contribution in [0.15, 0.2) is 42.5 Å². The van der Waals surface area contributed by atoms with E-state index in [4.69, 9.17) is 16.3 Å². The number of ketones is 1. The van der Waals surface area contributed by atoms with E-state index in [0.29, 0.717) is 54.4 Å². The van der Waals surface area contributed by atoms with Crippen LogP contribution in [0.5, 0.6) is 5.75 Å². The smallest absolute Gasteiger partial charge is 0.321 e. The number of fused-ring (bicyclic) bond motifs is 1. The van der Waals surface area contributed by atoms with Crippen molar-refractivity contribution in [2.24, 2.45) is 0 Å². The Labute approximate surface area is 163 Å². The Morgan fingerprint density at radius 2 is 1.85 bits per heavy atom. The highest BCUT2D eigenvalue weighted by Crippen LogP contribution is 2.39. The molecule has 0 bridgehead atoms. The molecule has 0 saturated carbocycles. The first kappa shape index (κ1) is 17.9. The predicted octanol–water partition coefficient (Wildman–Crippen LogP) is 4.68. The summed E-state index contributed by atoms with van der Waals surface area (Å²) in [6.45, 7) is 3.07. The van der Waals surface area contributed by atoms with E-state index in [9.17, 15) is 9.59 Å². The molecule has 2 heterocycles. The number of ether oxygens (including phenoxy) is 1. The Morgan fingerprint density at radius 3 is 2.56 bits per heavy atom. The number of urea groups is 1. The van der Waals surface area contributed by atoms with Crippen molar-refractivity contribution < 1.29 is 14.3 Å². The Hall–Kier alpha value is -2.53. The van der Waals surface area contributed by atoms with E-state index in [1.54, 1.807) is 29.2 Å². The van der Waals surface area contributed by atoms with Gasteiger partial charge in [-0.3, -0.25) is 4.79 Å². The van der Waals surface area contributed by atoms with Crippen LogP contribution in [-0.2, 0) is 0 Å². The SMILES string of the molecule is Cc1ccc2c(c1)C(=O)CC1(CCN(C(=O)Nc3ccc(Cl)cc3)CC1)O2. The number of halogens is 1. The van der Waals surface area contributed by atoms with Crippen molar-refractivity contribution in [2.45, 2.75) is 31.8 Å². The van der Waals surface area contributed by atoms with Crippen molar-refractivity contribution in [3.63, 3.8) is 0 Å². The van der Waals surface area contributed by atoms with Crippen LogP contribution in [0.2, 0.25) is 5.02 Å². The van der Waals surface area contributed by atoms with Crippen molar-refractivity contribution in [2.75, 3.05) is 18.4 Å². The van der Waals surface area contributed by atoms with Gasteiger partial charge in [-0.1, -0.05) is 23.2 Å². The van der Waals surface area contributed by atoms with Crippen LogP contribution in [0.1, 0.15) is 35.2 Å². The van der Waals surface area contributed by atoms with Gasteiger partial charge < -0.3 is 15.0 Å². The first-order valence-electron chi connectivity index (χ1n) is 9.09. The van der Waals surface area contributed by atoms with Gasteiger partial charge in [-0.05, 0) is 43.3 Å². The van der Waals surface area contributed by atoms with Crippen LogP contribution in [0.25, 0.3) is 0 Å². The third-order valence-corrected chi connectivity index (χ3v) is 5.55. The molecule has 2 aliphatic rings. The number of aryl methyl sites for hydroxylation is 1. The number of nitrogens with zero attached hydrogens (tertiary/aromatic N) is 1. The number of carbonyl (C=O) groups is 2. The van der Waals surface area contributed by atoms with Gasteiger partial charge in [0.1, 0.15) is 11.4 Å². The molecule has 27 heavy (non-hydrogen) atoms. The number of Topliss-reactive ketones (excluding diaryl/α,β-unsaturated/α-hetero) is 1. The minimum Gasteiger partial charge on any atom is -0.486 e. The number of anilines is 1. The normalized spacial score (nSPS) is 18.0. The van der Waals surface area contributed by atoms with E-state index in [0.717, 1.165) is 5.56 Å². The van der Waals surface area contributed by atoms with E-state index in [1.165, 1.54) is 0 Å². The van der Waals surface area contributed by atoms with Gasteiger partial charge in [-0.25, -0.2) is 4.79 Å². The predicted molar refractivity (Wildman–Crippen MR) is 105 cm³/mol. The van der Waals surface area contributed by atoms with Crippen molar-refractivity contribution in [3.05, 3.63) is 58.6 Å². The Balaban J connectivity index is 1.41. The zero-order valence-corrected chi connectivity index (χ0v) is 15.9. The quantitative estimate of drug-likeness (QED) is 0.776. The van der Waals surface area contributed by atoms with E-state index in [1.807, 2.05) is 25.1 Å². The maximum absolute atomic E-state index is 12.6. The summed E-state index contributed by atoms with van der Waals surface area (Å²) in [4.78, 5) is 26.9. The first-order valence-corrected chi connectivity index (χ1v) is 9.46. The number of nitrogens with one attached hydrogen (secondary N) is 1. The molecule has 6 heteroatoms. The van der Waals surface area contributed by atoms with Gasteiger partial charge >= 0.3 is 6.03 Å². The number of amides is 2. The van der Waals surface area contributed by atoms with Crippen LogP contribution < -0.4 is 10.1 Å². The standard InChI is InChI=1S/C21H21ClN2O3/c1-14-2-7-19-17(12-14)18(25)13-21(27-19)8-10-24(11-9-21)20(26)23-16-5-3-15(22)4-6-16/h2-7,12H,8-11,13H2,1H3,(H,23,26). The molecule has 1 saturated heterocycles. The van der Waals surface area contributed by atoms with Crippen molar-refractivity contribution in [1.82, 2.24) is 4.90 Å². The number of likely N-dealkylation sites (tertiary alicyclic amines) is 1. The number of carbonyl (C=O) groups excluding carboxylic acids is 2. The molecule has 140 valence electrons. The summed E-state index contributed by atoms with van der Waals surface area (Å²) in [5, 5.41) is 3.51. The fraction of sp³-hybridized carbons (Fsp3) is 0.333. The summed E-state index contributed by atoms with van der Waals surface area (Å²) < 4.78 is 6.25. The molecule has 0 atom stereocenters. The number of hydrogen-bond acceptors (Lipinski definition) is 3. The largest absolute Gasteiger partial charge is 0.486 e. The molecular formula is C21H21ClN2O3. The lowest BCUT2D eigenvalue weighted by Gasteiger charge is -2.43. The Bertz CT molecular complexity index is 887. The summed E-state index contributed by atoms with van der Waals surface area (Å²) in [6, 6.07) is 12.6. The Morgan fingerprint density at radius 1 is 1.15 bits per heavy atom. The van der Waals surface area contributed by atoms with Gasteiger partial charge in [0.05, 0.1) is 12.0 Å². The molecule has 0 aliphatic carbocycles. The van der Waals surface area contributed by atoms with E-state index >= 15 is 0 Å². The first-order chi connectivity index (χ1) is 12.9. The highest BCUT2D eigenvalue weighted by Gasteiger charge is 2.43. The summed E-state index contributed by atoms with van der Waals surface area (Å²) in [7, 11) is 0. The number of benzene rings is 2. The highest BCUT2D eigenvalue weighted by atomic mass is 35.5. The van der Waals surface area contributed by atoms with E-state index in [2.05, 4.69) is 5.32 Å². The third kappa shape index (κ3) is 3.65. The molecule has 2 aliphatic heterocycles. The lowest BCUT2D eigenvalue weighted by molar-refractivity contribution is 0.000368. The van der Waals surface area contributed by atoms with Crippen molar-refractivity contribution in [3.8, 4) is 5.75 Å². The second-order valence-corrected chi connectivity index (χ2v) is 7.75. The molecule has 1 spiro atoms. The molecule has 2 aromatic rings. The lowest BCUT2D eigenvalue weighted by atomic mass is 9.82. The molecule has 2 aromatic carbocycles. The average molecular weight is 385 g/mol. The van der Waals surface area contributed by atoms with Crippen LogP contribution in [0.3, 0.4) is 0 Å². The van der Waals surface area contributed by atoms with Gasteiger partial charge in [0.15, 0.2) is 5.78 Å². The van der Waals surface area contributed by atoms with Crippen LogP contribution in [0.4, 0.5) is 10.5 Å². The van der Waals surface area contributed by atoms with Gasteiger partial charge in [0, 0.05) is 36.6 Å². The van der Waals surface area contributed by atoms with Gasteiger partial charge in [-0.15, -0.1) is 0 Å². The van der Waals surface area contributed by atoms with Crippen molar-refractivity contribution >= 4 is 29.1 Å². The number of hydrogen-bond donors (Lipinski definition) is 1. The van der Waals surface area contributed by atoms with Gasteiger partial charge in [0.2, 0.25) is 0 Å². The third-order valence-electron chi connectivity index (χ3n) is 5.30. The summed E-state index contributed by atoms with van der Waals surface area (Å²) >= 11 is 5.87. The van der Waals surface area contributed by atoms with Gasteiger partial charge in [0.25, 0.3) is 0 Å². The molecular weight excluding hydrogens is 364 g/mol. The van der Waals surface area contributed by atoms with Crippen molar-refractivity contribution in [1.29, 1.82) is 0 Å². The van der Waals surface area contributed by atoms with Gasteiger partial charge in [-0.2, -0.15) is 0 Å². The number of piperidine rings is 1. The zero-order chi connectivity index (χ0) is 19.0. The zero-order valence-electron chi connectivity index (χ0n) is 15.1. The fourth-order valence-electron chi connectivity index (χ4n) is 3.74. The molecule has 0 unspecified atom stereocenters. The summed E-state index contributed by atoms with van der Waals surface area (Å²) in [5.41, 5.74) is 1.92. The van der Waals surface area contributed by atoms with Crippen LogP contribution in [0, 0.1) is 6.92 Å².